The second-order valence-corrected chi connectivity index (χ2v) is 5.92. The Morgan fingerprint density at radius 1 is 1.04 bits per heavy atom. The van der Waals surface area contributed by atoms with E-state index in [-0.39, 0.29) is 38.3 Å². The molecule has 0 spiro atoms. The first kappa shape index (κ1) is 19.6. The number of ether oxygens (including phenoxy) is 2. The Bertz CT molecular complexity index is 567. The first-order valence-electron chi connectivity index (χ1n) is 8.01. The lowest BCUT2D eigenvalue weighted by Gasteiger charge is -2.45. The van der Waals surface area contributed by atoms with Crippen LogP contribution in [0.2, 0.25) is 0 Å². The number of hydrogen-bond donors (Lipinski definition) is 0. The van der Waals surface area contributed by atoms with Gasteiger partial charge in [0, 0.05) is 12.3 Å². The summed E-state index contributed by atoms with van der Waals surface area (Å²) in [5.41, 5.74) is -3.41. The van der Waals surface area contributed by atoms with Crippen LogP contribution in [0.3, 0.4) is 0 Å². The highest BCUT2D eigenvalue weighted by molar-refractivity contribution is 6.01. The molecule has 0 aliphatic heterocycles. The monoisotopic (exact) mass is 334 g/mol. The van der Waals surface area contributed by atoms with E-state index in [4.69, 9.17) is 9.47 Å². The molecule has 1 aliphatic rings. The smallest absolute Gasteiger partial charge is 0.323 e. The van der Waals surface area contributed by atoms with Crippen LogP contribution in [0.5, 0.6) is 0 Å². The molecule has 1 rings (SSSR count). The molecule has 0 bridgehead atoms. The summed E-state index contributed by atoms with van der Waals surface area (Å²) < 4.78 is 10.2. The Balaban J connectivity index is 3.58. The van der Waals surface area contributed by atoms with Crippen molar-refractivity contribution in [1.29, 1.82) is 10.5 Å². The van der Waals surface area contributed by atoms with Crippen molar-refractivity contribution in [3.05, 3.63) is 0 Å². The van der Waals surface area contributed by atoms with Crippen molar-refractivity contribution >= 4 is 17.7 Å². The van der Waals surface area contributed by atoms with E-state index in [0.29, 0.717) is 6.42 Å². The van der Waals surface area contributed by atoms with Crippen LogP contribution in [-0.4, -0.2) is 30.9 Å². The largest absolute Gasteiger partial charge is 0.465 e. The molecule has 0 saturated heterocycles. The zero-order chi connectivity index (χ0) is 18.4. The summed E-state index contributed by atoms with van der Waals surface area (Å²) in [7, 11) is 0. The Hall–Kier alpha value is -2.41. The highest BCUT2D eigenvalue weighted by Gasteiger charge is 2.64. The summed E-state index contributed by atoms with van der Waals surface area (Å²) >= 11 is 0. The molecule has 0 radical (unpaired) electrons. The molecule has 0 aromatic carbocycles. The minimum Gasteiger partial charge on any atom is -0.465 e. The second kappa shape index (κ2) is 7.92. The van der Waals surface area contributed by atoms with E-state index in [2.05, 4.69) is 0 Å². The minimum atomic E-state index is -1.80. The molecular formula is C17H22N2O5. The molecule has 1 atom stereocenters. The maximum absolute atomic E-state index is 12.7. The van der Waals surface area contributed by atoms with E-state index in [1.165, 1.54) is 6.92 Å². The van der Waals surface area contributed by atoms with Gasteiger partial charge in [0.25, 0.3) is 0 Å². The van der Waals surface area contributed by atoms with Crippen LogP contribution in [0, 0.1) is 39.4 Å². The summed E-state index contributed by atoms with van der Waals surface area (Å²) in [5.74, 6) is -3.06. The van der Waals surface area contributed by atoms with Crippen LogP contribution < -0.4 is 0 Å². The Kier molecular flexibility index (Phi) is 6.48. The molecule has 0 aromatic rings. The van der Waals surface area contributed by atoms with Crippen molar-refractivity contribution in [3.63, 3.8) is 0 Å². The molecule has 1 saturated carbocycles. The average Bonchev–Trinajstić information content (AvgIpc) is 2.55. The third kappa shape index (κ3) is 3.26. The van der Waals surface area contributed by atoms with Gasteiger partial charge in [-0.2, -0.15) is 10.5 Å². The van der Waals surface area contributed by atoms with Gasteiger partial charge in [0.1, 0.15) is 11.2 Å². The van der Waals surface area contributed by atoms with Crippen molar-refractivity contribution in [3.8, 4) is 12.1 Å². The van der Waals surface area contributed by atoms with Crippen LogP contribution in [0.25, 0.3) is 0 Å². The molecule has 1 fully saturated rings. The van der Waals surface area contributed by atoms with Gasteiger partial charge >= 0.3 is 11.9 Å². The zero-order valence-corrected chi connectivity index (χ0v) is 14.3. The molecule has 0 heterocycles. The van der Waals surface area contributed by atoms with Crippen molar-refractivity contribution in [2.75, 3.05) is 13.2 Å². The Morgan fingerprint density at radius 3 is 1.92 bits per heavy atom. The van der Waals surface area contributed by atoms with Gasteiger partial charge in [0.15, 0.2) is 5.41 Å². The molecule has 0 amide bonds. The number of nitrogens with zero attached hydrogens (tertiary/aromatic N) is 2. The van der Waals surface area contributed by atoms with Gasteiger partial charge in [-0.05, 0) is 40.0 Å². The predicted molar refractivity (Wildman–Crippen MR) is 82.0 cm³/mol. The van der Waals surface area contributed by atoms with E-state index in [1.807, 2.05) is 12.1 Å². The molecule has 1 aliphatic carbocycles. The summed E-state index contributed by atoms with van der Waals surface area (Å²) in [5, 5.41) is 19.2. The minimum absolute atomic E-state index is 0.0406. The maximum atomic E-state index is 12.7. The molecule has 7 nitrogen and oxygen atoms in total. The molecular weight excluding hydrogens is 312 g/mol. The Morgan fingerprint density at radius 2 is 1.54 bits per heavy atom. The predicted octanol–water partition coefficient (Wildman–Crippen LogP) is 1.91. The van der Waals surface area contributed by atoms with Gasteiger partial charge in [-0.15, -0.1) is 0 Å². The number of esters is 2. The fourth-order valence-electron chi connectivity index (χ4n) is 3.44. The summed E-state index contributed by atoms with van der Waals surface area (Å²) in [4.78, 5) is 37.1. The molecule has 130 valence electrons. The van der Waals surface area contributed by atoms with Crippen LogP contribution in [-0.2, 0) is 23.9 Å². The number of carbonyl (C=O) groups excluding carboxylic acids is 3. The third-order valence-electron chi connectivity index (χ3n) is 4.50. The van der Waals surface area contributed by atoms with Gasteiger partial charge in [0.2, 0.25) is 0 Å². The van der Waals surface area contributed by atoms with Crippen molar-refractivity contribution in [2.45, 2.75) is 46.5 Å². The van der Waals surface area contributed by atoms with E-state index in [9.17, 15) is 24.9 Å². The topological polar surface area (TPSA) is 117 Å². The third-order valence-corrected chi connectivity index (χ3v) is 4.50. The van der Waals surface area contributed by atoms with Gasteiger partial charge in [-0.25, -0.2) is 0 Å². The molecule has 0 N–H and O–H groups in total. The van der Waals surface area contributed by atoms with Gasteiger partial charge < -0.3 is 14.3 Å². The number of ketones is 1. The van der Waals surface area contributed by atoms with Gasteiger partial charge in [-0.1, -0.05) is 0 Å². The van der Waals surface area contributed by atoms with Gasteiger partial charge in [0.05, 0.1) is 25.4 Å². The number of carbonyl (C=O) groups is 3. The van der Waals surface area contributed by atoms with Crippen molar-refractivity contribution < 1.29 is 23.9 Å². The van der Waals surface area contributed by atoms with E-state index in [0.717, 1.165) is 0 Å². The molecule has 24 heavy (non-hydrogen) atoms. The number of nitriles is 2. The number of rotatable bonds is 6. The normalized spacial score (nSPS) is 21.0. The van der Waals surface area contributed by atoms with Gasteiger partial charge in [-0.3, -0.25) is 9.59 Å². The van der Waals surface area contributed by atoms with Crippen LogP contribution in [0.4, 0.5) is 0 Å². The maximum Gasteiger partial charge on any atom is 0.323 e. The number of Topliss-reactive ketones (excluding diaryl/α,β-unsaturated/α-hetero) is 1. The first-order valence-corrected chi connectivity index (χ1v) is 8.01. The van der Waals surface area contributed by atoms with E-state index >= 15 is 0 Å². The summed E-state index contributed by atoms with van der Waals surface area (Å²) in [6.45, 7) is 4.58. The standard InChI is InChI=1S/C17H22N2O5/c1-4-23-14(21)17(15(22)24-5-2)8-6-7-16(10-18,11-19)13(17)9-12(3)20/h13H,4-9H2,1-3H3/t13-/m0/s1. The van der Waals surface area contributed by atoms with E-state index < -0.39 is 28.7 Å². The zero-order valence-electron chi connectivity index (χ0n) is 14.3. The average molecular weight is 334 g/mol. The quantitative estimate of drug-likeness (QED) is 0.538. The Labute approximate surface area is 141 Å². The lowest BCUT2D eigenvalue weighted by atomic mass is 9.53. The van der Waals surface area contributed by atoms with Crippen LogP contribution in [0.1, 0.15) is 46.5 Å². The fraction of sp³-hybridized carbons (Fsp3) is 0.706. The number of hydrogen-bond acceptors (Lipinski definition) is 7. The molecule has 0 aromatic heterocycles. The van der Waals surface area contributed by atoms with Crippen molar-refractivity contribution in [1.82, 2.24) is 0 Å². The molecule has 7 heteroatoms. The highest BCUT2D eigenvalue weighted by Crippen LogP contribution is 2.54. The van der Waals surface area contributed by atoms with E-state index in [1.54, 1.807) is 13.8 Å². The van der Waals surface area contributed by atoms with Crippen LogP contribution >= 0.6 is 0 Å². The van der Waals surface area contributed by atoms with Crippen LogP contribution in [0.15, 0.2) is 0 Å². The first-order chi connectivity index (χ1) is 11.3. The molecule has 0 unspecified atom stereocenters. The fourth-order valence-corrected chi connectivity index (χ4v) is 3.44. The lowest BCUT2D eigenvalue weighted by Crippen LogP contribution is -2.56. The summed E-state index contributed by atoms with van der Waals surface area (Å²) in [6, 6.07) is 3.88. The summed E-state index contributed by atoms with van der Waals surface area (Å²) in [6.07, 6.45) is 0.359. The lowest BCUT2D eigenvalue weighted by molar-refractivity contribution is -0.183. The highest BCUT2D eigenvalue weighted by atomic mass is 16.6. The van der Waals surface area contributed by atoms with Crippen molar-refractivity contribution in [2.24, 2.45) is 16.7 Å². The second-order valence-electron chi connectivity index (χ2n) is 5.92. The SMILES string of the molecule is CCOC(=O)C1(C(=O)OCC)CCCC(C#N)(C#N)[C@@H]1CC(C)=O.